The monoisotopic (exact) mass is 461 g/mol. The molecule has 188 valence electrons. The van der Waals surface area contributed by atoms with Crippen molar-refractivity contribution in [3.8, 4) is 0 Å². The maximum atomic E-state index is 12.2. The lowest BCUT2D eigenvalue weighted by Crippen LogP contribution is -2.62. The summed E-state index contributed by atoms with van der Waals surface area (Å²) in [4.78, 5) is 0. The molecule has 4 saturated carbocycles. The Bertz CT molecular complexity index is 829. The molecule has 4 N–H and O–H groups in total. The second-order valence-electron chi connectivity index (χ2n) is 14.5. The molecular weight excluding hydrogens is 414 g/mol. The van der Waals surface area contributed by atoms with Crippen LogP contribution in [-0.4, -0.2) is 45.5 Å². The zero-order chi connectivity index (χ0) is 23.8. The fourth-order valence-electron chi connectivity index (χ4n) is 10.7. The molecule has 4 aliphatic carbocycles. The summed E-state index contributed by atoms with van der Waals surface area (Å²) in [7, 11) is 0. The summed E-state index contributed by atoms with van der Waals surface area (Å²) >= 11 is 0. The molecule has 2 aliphatic heterocycles. The van der Waals surface area contributed by atoms with Gasteiger partial charge in [0.1, 0.15) is 5.60 Å². The molecule has 5 heteroatoms. The van der Waals surface area contributed by atoms with Gasteiger partial charge in [-0.05, 0) is 106 Å². The minimum absolute atomic E-state index is 0.00277. The molecule has 0 aromatic heterocycles. The van der Waals surface area contributed by atoms with E-state index in [0.29, 0.717) is 35.6 Å². The zero-order valence-electron chi connectivity index (χ0n) is 21.6. The lowest BCUT2D eigenvalue weighted by Gasteiger charge is -2.63. The average molecular weight is 462 g/mol. The van der Waals surface area contributed by atoms with Crippen molar-refractivity contribution < 1.29 is 19.7 Å². The highest BCUT2D eigenvalue weighted by atomic mass is 16.7. The Morgan fingerprint density at radius 2 is 1.67 bits per heavy atom. The Kier molecular flexibility index (Phi) is 4.76. The van der Waals surface area contributed by atoms with Gasteiger partial charge < -0.3 is 25.4 Å². The summed E-state index contributed by atoms with van der Waals surface area (Å²) < 4.78 is 13.4. The van der Waals surface area contributed by atoms with Crippen molar-refractivity contribution in [1.29, 1.82) is 0 Å². The third kappa shape index (κ3) is 2.78. The minimum Gasteiger partial charge on any atom is -0.393 e. The van der Waals surface area contributed by atoms with Crippen molar-refractivity contribution in [3.63, 3.8) is 0 Å². The highest BCUT2D eigenvalue weighted by Gasteiger charge is 2.77. The molecule has 2 heterocycles. The second kappa shape index (κ2) is 6.76. The second-order valence-corrected chi connectivity index (χ2v) is 14.5. The van der Waals surface area contributed by atoms with Gasteiger partial charge in [0.2, 0.25) is 0 Å². The van der Waals surface area contributed by atoms with Gasteiger partial charge in [0, 0.05) is 18.4 Å². The average Bonchev–Trinajstić information content (AvgIpc) is 3.20. The third-order valence-corrected chi connectivity index (χ3v) is 12.5. The van der Waals surface area contributed by atoms with E-state index >= 15 is 0 Å². The number of hydrogen-bond donors (Lipinski definition) is 3. The molecule has 0 aromatic rings. The van der Waals surface area contributed by atoms with Crippen LogP contribution in [0.4, 0.5) is 0 Å². The van der Waals surface area contributed by atoms with Gasteiger partial charge in [-0.1, -0.05) is 20.8 Å². The number of fused-ring (bicyclic) bond motifs is 7. The number of hydrogen-bond acceptors (Lipinski definition) is 5. The zero-order valence-corrected chi connectivity index (χ0v) is 21.6. The summed E-state index contributed by atoms with van der Waals surface area (Å²) in [6.07, 6.45) is 7.94. The Morgan fingerprint density at radius 1 is 0.939 bits per heavy atom. The quantitative estimate of drug-likeness (QED) is 0.503. The van der Waals surface area contributed by atoms with Gasteiger partial charge >= 0.3 is 0 Å². The van der Waals surface area contributed by atoms with Crippen molar-refractivity contribution in [2.24, 2.45) is 52.1 Å². The van der Waals surface area contributed by atoms with Crippen LogP contribution in [0.2, 0.25) is 0 Å². The Hall–Kier alpha value is -0.200. The van der Waals surface area contributed by atoms with E-state index in [4.69, 9.17) is 15.2 Å². The molecule has 33 heavy (non-hydrogen) atoms. The smallest absolute Gasteiger partial charge is 0.198 e. The molecule has 6 fully saturated rings. The molecule has 2 saturated heterocycles. The van der Waals surface area contributed by atoms with Gasteiger partial charge in [0.15, 0.2) is 5.79 Å². The first-order valence-electron chi connectivity index (χ1n) is 13.8. The molecule has 0 radical (unpaired) electrons. The maximum absolute atomic E-state index is 12.2. The van der Waals surface area contributed by atoms with Crippen molar-refractivity contribution >= 4 is 0 Å². The van der Waals surface area contributed by atoms with Gasteiger partial charge in [-0.3, -0.25) is 0 Å². The molecule has 0 aromatic carbocycles. The van der Waals surface area contributed by atoms with E-state index in [1.807, 2.05) is 6.92 Å². The van der Waals surface area contributed by atoms with E-state index in [-0.39, 0.29) is 34.6 Å². The topological polar surface area (TPSA) is 84.9 Å². The van der Waals surface area contributed by atoms with E-state index in [1.165, 1.54) is 12.8 Å². The highest BCUT2D eigenvalue weighted by molar-refractivity contribution is 5.22. The standard InChI is InChI=1S/C28H47NO4/c1-15-13-28(33-24(15,2)3)27(6,31)23-21(32-28)12-19-18-8-7-16-11-17(29)9-10-25(16,4)22(18)20(30)14-26(19,23)5/h15-23,30-31H,7-14,29H2,1-6H3/t15-,16-,17+,18-,19-,20-,21-,22+,23-,25-,26-,27+,28+/m0/s1. The molecule has 0 bridgehead atoms. The summed E-state index contributed by atoms with van der Waals surface area (Å²) in [5.74, 6) is 1.38. The molecule has 0 unspecified atom stereocenters. The summed E-state index contributed by atoms with van der Waals surface area (Å²) in [5.41, 5.74) is 5.05. The normalized spacial score (nSPS) is 63.7. The predicted molar refractivity (Wildman–Crippen MR) is 127 cm³/mol. The largest absolute Gasteiger partial charge is 0.393 e. The van der Waals surface area contributed by atoms with Crippen molar-refractivity contribution in [3.05, 3.63) is 0 Å². The number of nitrogens with two attached hydrogens (primary N) is 1. The van der Waals surface area contributed by atoms with Gasteiger partial charge in [-0.25, -0.2) is 0 Å². The van der Waals surface area contributed by atoms with Crippen LogP contribution in [-0.2, 0) is 9.47 Å². The van der Waals surface area contributed by atoms with Crippen LogP contribution in [0.3, 0.4) is 0 Å². The molecule has 5 nitrogen and oxygen atoms in total. The maximum Gasteiger partial charge on any atom is 0.198 e. The SMILES string of the molecule is C[C@H]1C[C@@]2(O[C@H]3C[C@H]4[C@@H]5CC[C@H]6C[C@H](N)CC[C@]6(C)[C@H]5[C@@H](O)C[C@]4(C)[C@H]3[C@@]2(C)O)OC1(C)C. The Balaban J connectivity index is 1.34. The van der Waals surface area contributed by atoms with Crippen molar-refractivity contribution in [2.75, 3.05) is 0 Å². The van der Waals surface area contributed by atoms with Crippen LogP contribution >= 0.6 is 0 Å². The Labute approximate surface area is 200 Å². The molecular formula is C28H47NO4. The Morgan fingerprint density at radius 3 is 2.33 bits per heavy atom. The summed E-state index contributed by atoms with van der Waals surface area (Å²) in [6.45, 7) is 13.2. The molecule has 6 aliphatic rings. The number of rotatable bonds is 0. The minimum atomic E-state index is -1.06. The summed E-state index contributed by atoms with van der Waals surface area (Å²) in [6, 6.07) is 0.328. The van der Waals surface area contributed by atoms with Gasteiger partial charge in [0.05, 0.1) is 17.8 Å². The third-order valence-electron chi connectivity index (χ3n) is 12.5. The van der Waals surface area contributed by atoms with Crippen LogP contribution in [0.5, 0.6) is 0 Å². The van der Waals surface area contributed by atoms with Crippen molar-refractivity contribution in [1.82, 2.24) is 0 Å². The van der Waals surface area contributed by atoms with Crippen LogP contribution < -0.4 is 5.73 Å². The van der Waals surface area contributed by atoms with E-state index in [2.05, 4.69) is 34.6 Å². The first-order chi connectivity index (χ1) is 15.3. The molecule has 1 spiro atoms. The van der Waals surface area contributed by atoms with Crippen LogP contribution in [0.1, 0.15) is 92.9 Å². The predicted octanol–water partition coefficient (Wildman–Crippen LogP) is 4.23. The fourth-order valence-corrected chi connectivity index (χ4v) is 10.7. The lowest BCUT2D eigenvalue weighted by molar-refractivity contribution is -0.300. The van der Waals surface area contributed by atoms with E-state index in [1.54, 1.807) is 0 Å². The highest BCUT2D eigenvalue weighted by Crippen LogP contribution is 2.72. The first-order valence-corrected chi connectivity index (χ1v) is 13.8. The molecule has 6 rings (SSSR count). The summed E-state index contributed by atoms with van der Waals surface area (Å²) in [5, 5.41) is 23.9. The van der Waals surface area contributed by atoms with E-state index in [0.717, 1.165) is 38.5 Å². The molecule has 13 atom stereocenters. The number of aliphatic hydroxyl groups is 2. The van der Waals surface area contributed by atoms with Gasteiger partial charge in [0.25, 0.3) is 0 Å². The van der Waals surface area contributed by atoms with Crippen molar-refractivity contribution in [2.45, 2.75) is 128 Å². The number of aliphatic hydroxyl groups excluding tert-OH is 1. The van der Waals surface area contributed by atoms with Crippen LogP contribution in [0.15, 0.2) is 0 Å². The van der Waals surface area contributed by atoms with Crippen LogP contribution in [0, 0.1) is 46.3 Å². The molecule has 0 amide bonds. The fraction of sp³-hybridized carbons (Fsp3) is 1.00. The van der Waals surface area contributed by atoms with Gasteiger partial charge in [-0.2, -0.15) is 0 Å². The first kappa shape index (κ1) is 23.2. The van der Waals surface area contributed by atoms with E-state index < -0.39 is 11.4 Å². The van der Waals surface area contributed by atoms with Gasteiger partial charge in [-0.15, -0.1) is 0 Å². The number of ether oxygens (including phenoxy) is 2. The lowest BCUT2D eigenvalue weighted by atomic mass is 9.43. The van der Waals surface area contributed by atoms with E-state index in [9.17, 15) is 10.2 Å². The van der Waals surface area contributed by atoms with Crippen LogP contribution in [0.25, 0.3) is 0 Å².